The molecular formula is C8H16ClNO. The van der Waals surface area contributed by atoms with Gasteiger partial charge in [-0.3, -0.25) is 4.79 Å². The molecular weight excluding hydrogens is 162 g/mol. The average molecular weight is 178 g/mol. The maximum absolute atomic E-state index is 11.0. The van der Waals surface area contributed by atoms with Gasteiger partial charge in [0.15, 0.2) is 0 Å². The summed E-state index contributed by atoms with van der Waals surface area (Å²) in [6.45, 7) is 5.75. The van der Waals surface area contributed by atoms with Crippen molar-refractivity contribution < 1.29 is 4.79 Å². The molecule has 2 nitrogen and oxygen atoms in total. The van der Waals surface area contributed by atoms with Crippen molar-refractivity contribution in [3.05, 3.63) is 0 Å². The zero-order valence-electron chi connectivity index (χ0n) is 7.36. The van der Waals surface area contributed by atoms with E-state index >= 15 is 0 Å². The van der Waals surface area contributed by atoms with E-state index < -0.39 is 5.38 Å². The molecule has 0 aliphatic heterocycles. The molecule has 11 heavy (non-hydrogen) atoms. The van der Waals surface area contributed by atoms with E-state index in [4.69, 9.17) is 11.6 Å². The van der Waals surface area contributed by atoms with Gasteiger partial charge in [0, 0.05) is 6.04 Å². The van der Waals surface area contributed by atoms with Crippen LogP contribution in [0.5, 0.6) is 0 Å². The van der Waals surface area contributed by atoms with Gasteiger partial charge < -0.3 is 5.32 Å². The van der Waals surface area contributed by atoms with Gasteiger partial charge in [-0.15, -0.1) is 11.6 Å². The van der Waals surface area contributed by atoms with Crippen molar-refractivity contribution in [1.82, 2.24) is 5.32 Å². The van der Waals surface area contributed by atoms with E-state index in [1.165, 1.54) is 0 Å². The SMILES string of the molecule is CCC[C@@H](C)NC(=O)[C@H](C)Cl. The van der Waals surface area contributed by atoms with Crippen LogP contribution in [0, 0.1) is 0 Å². The van der Waals surface area contributed by atoms with E-state index in [-0.39, 0.29) is 11.9 Å². The number of carbonyl (C=O) groups excluding carboxylic acids is 1. The van der Waals surface area contributed by atoms with Gasteiger partial charge in [-0.1, -0.05) is 13.3 Å². The molecule has 0 aliphatic carbocycles. The molecule has 66 valence electrons. The van der Waals surface area contributed by atoms with Crippen molar-refractivity contribution >= 4 is 17.5 Å². The van der Waals surface area contributed by atoms with Crippen LogP contribution in [-0.4, -0.2) is 17.3 Å². The second kappa shape index (κ2) is 5.42. The molecule has 0 aromatic heterocycles. The van der Waals surface area contributed by atoms with Crippen molar-refractivity contribution in [1.29, 1.82) is 0 Å². The summed E-state index contributed by atoms with van der Waals surface area (Å²) in [5.41, 5.74) is 0. The van der Waals surface area contributed by atoms with Crippen LogP contribution in [0.2, 0.25) is 0 Å². The lowest BCUT2D eigenvalue weighted by Gasteiger charge is -2.13. The minimum Gasteiger partial charge on any atom is -0.352 e. The van der Waals surface area contributed by atoms with E-state index in [0.29, 0.717) is 0 Å². The summed E-state index contributed by atoms with van der Waals surface area (Å²) in [6.07, 6.45) is 2.09. The van der Waals surface area contributed by atoms with Gasteiger partial charge in [0.1, 0.15) is 5.38 Å². The smallest absolute Gasteiger partial charge is 0.237 e. The van der Waals surface area contributed by atoms with Crippen LogP contribution in [-0.2, 0) is 4.79 Å². The predicted molar refractivity (Wildman–Crippen MR) is 47.8 cm³/mol. The average Bonchev–Trinajstić information content (AvgIpc) is 1.87. The van der Waals surface area contributed by atoms with E-state index in [9.17, 15) is 4.79 Å². The summed E-state index contributed by atoms with van der Waals surface area (Å²) in [5, 5.41) is 2.39. The third-order valence-electron chi connectivity index (χ3n) is 1.47. The van der Waals surface area contributed by atoms with E-state index in [2.05, 4.69) is 12.2 Å². The molecule has 0 aromatic carbocycles. The first-order valence-corrected chi connectivity index (χ1v) is 4.46. The predicted octanol–water partition coefficient (Wildman–Crippen LogP) is 1.92. The molecule has 0 unspecified atom stereocenters. The molecule has 3 heteroatoms. The minimum atomic E-state index is -0.422. The van der Waals surface area contributed by atoms with Crippen molar-refractivity contribution in [2.45, 2.75) is 45.0 Å². The Labute approximate surface area is 73.3 Å². The highest BCUT2D eigenvalue weighted by atomic mass is 35.5. The van der Waals surface area contributed by atoms with Crippen LogP contribution >= 0.6 is 11.6 Å². The number of rotatable bonds is 4. The van der Waals surface area contributed by atoms with E-state index in [0.717, 1.165) is 12.8 Å². The van der Waals surface area contributed by atoms with Gasteiger partial charge in [-0.2, -0.15) is 0 Å². The third-order valence-corrected chi connectivity index (χ3v) is 1.67. The summed E-state index contributed by atoms with van der Waals surface area (Å²) >= 11 is 5.56. The Bertz CT molecular complexity index is 125. The number of amides is 1. The van der Waals surface area contributed by atoms with Crippen LogP contribution < -0.4 is 5.32 Å². The van der Waals surface area contributed by atoms with Gasteiger partial charge >= 0.3 is 0 Å². The van der Waals surface area contributed by atoms with Crippen molar-refractivity contribution in [3.8, 4) is 0 Å². The normalized spacial score (nSPS) is 15.6. The van der Waals surface area contributed by atoms with Gasteiger partial charge in [-0.05, 0) is 20.3 Å². The highest BCUT2D eigenvalue weighted by Gasteiger charge is 2.10. The number of halogens is 1. The second-order valence-electron chi connectivity index (χ2n) is 2.81. The van der Waals surface area contributed by atoms with Gasteiger partial charge in [0.2, 0.25) is 5.91 Å². The second-order valence-corrected chi connectivity index (χ2v) is 3.47. The van der Waals surface area contributed by atoms with Crippen molar-refractivity contribution in [2.24, 2.45) is 0 Å². The van der Waals surface area contributed by atoms with Crippen LogP contribution in [0.25, 0.3) is 0 Å². The monoisotopic (exact) mass is 177 g/mol. The Morgan fingerprint density at radius 2 is 2.09 bits per heavy atom. The molecule has 0 heterocycles. The molecule has 0 saturated heterocycles. The number of hydrogen-bond acceptors (Lipinski definition) is 1. The number of carbonyl (C=O) groups is 1. The fourth-order valence-corrected chi connectivity index (χ4v) is 0.926. The van der Waals surface area contributed by atoms with E-state index in [1.54, 1.807) is 6.92 Å². The highest BCUT2D eigenvalue weighted by molar-refractivity contribution is 6.30. The number of nitrogens with one attached hydrogen (secondary N) is 1. The van der Waals surface area contributed by atoms with Gasteiger partial charge in [-0.25, -0.2) is 0 Å². The Balaban J connectivity index is 3.57. The molecule has 2 atom stereocenters. The Morgan fingerprint density at radius 1 is 1.55 bits per heavy atom. The quantitative estimate of drug-likeness (QED) is 0.654. The molecule has 0 aliphatic rings. The van der Waals surface area contributed by atoms with Crippen LogP contribution in [0.1, 0.15) is 33.6 Å². The zero-order chi connectivity index (χ0) is 8.85. The molecule has 0 bridgehead atoms. The Morgan fingerprint density at radius 3 is 2.45 bits per heavy atom. The third kappa shape index (κ3) is 5.08. The summed E-state index contributed by atoms with van der Waals surface area (Å²) in [5.74, 6) is -0.0763. The lowest BCUT2D eigenvalue weighted by molar-refractivity contribution is -0.121. The van der Waals surface area contributed by atoms with E-state index in [1.807, 2.05) is 6.92 Å². The lowest BCUT2D eigenvalue weighted by atomic mass is 10.2. The number of hydrogen-bond donors (Lipinski definition) is 1. The zero-order valence-corrected chi connectivity index (χ0v) is 8.11. The van der Waals surface area contributed by atoms with Crippen LogP contribution in [0.15, 0.2) is 0 Å². The molecule has 0 radical (unpaired) electrons. The number of alkyl halides is 1. The molecule has 0 fully saturated rings. The first kappa shape index (κ1) is 10.8. The first-order valence-electron chi connectivity index (χ1n) is 4.02. The summed E-state index contributed by atoms with van der Waals surface area (Å²) in [4.78, 5) is 11.0. The fourth-order valence-electron chi connectivity index (χ4n) is 0.863. The Hall–Kier alpha value is -0.240. The molecule has 1 N–H and O–H groups in total. The largest absolute Gasteiger partial charge is 0.352 e. The van der Waals surface area contributed by atoms with Gasteiger partial charge in [0.25, 0.3) is 0 Å². The van der Waals surface area contributed by atoms with Crippen LogP contribution in [0.3, 0.4) is 0 Å². The highest BCUT2D eigenvalue weighted by Crippen LogP contribution is 1.98. The molecule has 0 rings (SSSR count). The minimum absolute atomic E-state index is 0.0763. The molecule has 1 amide bonds. The summed E-state index contributed by atoms with van der Waals surface area (Å²) < 4.78 is 0. The van der Waals surface area contributed by atoms with Crippen LogP contribution in [0.4, 0.5) is 0 Å². The van der Waals surface area contributed by atoms with Crippen molar-refractivity contribution in [3.63, 3.8) is 0 Å². The lowest BCUT2D eigenvalue weighted by Crippen LogP contribution is -2.36. The molecule has 0 aromatic rings. The van der Waals surface area contributed by atoms with Crippen molar-refractivity contribution in [2.75, 3.05) is 0 Å². The van der Waals surface area contributed by atoms with Gasteiger partial charge in [0.05, 0.1) is 0 Å². The fraction of sp³-hybridized carbons (Fsp3) is 0.875. The first-order chi connectivity index (χ1) is 5.07. The molecule has 0 spiro atoms. The Kier molecular flexibility index (Phi) is 5.30. The maximum atomic E-state index is 11.0. The molecule has 0 saturated carbocycles. The summed E-state index contributed by atoms with van der Waals surface area (Å²) in [7, 11) is 0. The topological polar surface area (TPSA) is 29.1 Å². The summed E-state index contributed by atoms with van der Waals surface area (Å²) in [6, 6.07) is 0.244. The standard InChI is InChI=1S/C8H16ClNO/c1-4-5-6(2)10-8(11)7(3)9/h6-7H,4-5H2,1-3H3,(H,10,11)/t6-,7+/m1/s1. The maximum Gasteiger partial charge on any atom is 0.237 e.